The highest BCUT2D eigenvalue weighted by Crippen LogP contribution is 2.12. The molecule has 0 amide bonds. The fraction of sp³-hybridized carbons (Fsp3) is 0.250. The molecule has 0 saturated heterocycles. The van der Waals surface area contributed by atoms with E-state index < -0.39 is 0 Å². The number of nitrogens with one attached hydrogen (secondary N) is 1. The molecule has 0 unspecified atom stereocenters. The smallest absolute Gasteiger partial charge is 0.262 e. The van der Waals surface area contributed by atoms with E-state index in [0.29, 0.717) is 43.0 Å². The van der Waals surface area contributed by atoms with E-state index in [1.807, 2.05) is 25.1 Å². The lowest BCUT2D eigenvalue weighted by Gasteiger charge is -2.12. The number of aromatic nitrogens is 2. The minimum atomic E-state index is -0.118. The standard InChI is InChI=1S/C20H22N4O3/c1-2-27-12-6-11-24-19(26)17-9-3-4-10-18(17)22-20(24)23-21-14-15-7-5-8-16(25)13-15/h3-5,7-10,13-14,25H,2,6,11-12H2,1H3,(H,22,23)/b21-14-. The van der Waals surface area contributed by atoms with E-state index in [-0.39, 0.29) is 11.3 Å². The zero-order valence-electron chi connectivity index (χ0n) is 15.1. The third-order valence-electron chi connectivity index (χ3n) is 3.98. The number of hydrogen-bond acceptors (Lipinski definition) is 6. The van der Waals surface area contributed by atoms with Crippen LogP contribution in [0.4, 0.5) is 5.95 Å². The van der Waals surface area contributed by atoms with Crippen molar-refractivity contribution in [2.24, 2.45) is 5.10 Å². The first-order valence-corrected chi connectivity index (χ1v) is 8.84. The van der Waals surface area contributed by atoms with Gasteiger partial charge in [-0.15, -0.1) is 0 Å². The third-order valence-corrected chi connectivity index (χ3v) is 3.98. The summed E-state index contributed by atoms with van der Waals surface area (Å²) in [6.07, 6.45) is 2.25. The predicted octanol–water partition coefficient (Wildman–Crippen LogP) is 2.97. The van der Waals surface area contributed by atoms with Crippen molar-refractivity contribution in [2.45, 2.75) is 19.9 Å². The van der Waals surface area contributed by atoms with E-state index in [9.17, 15) is 9.90 Å². The number of phenolic OH excluding ortho intramolecular Hbond substituents is 1. The second-order valence-corrected chi connectivity index (χ2v) is 5.92. The van der Waals surface area contributed by atoms with Gasteiger partial charge in [0.2, 0.25) is 5.95 Å². The Hall–Kier alpha value is -3.19. The van der Waals surface area contributed by atoms with E-state index >= 15 is 0 Å². The van der Waals surface area contributed by atoms with Gasteiger partial charge in [0.1, 0.15) is 5.75 Å². The first-order valence-electron chi connectivity index (χ1n) is 8.84. The summed E-state index contributed by atoms with van der Waals surface area (Å²) in [5.74, 6) is 0.530. The van der Waals surface area contributed by atoms with E-state index in [1.165, 1.54) is 0 Å². The number of hydrazone groups is 1. The van der Waals surface area contributed by atoms with Crippen molar-refractivity contribution >= 4 is 23.1 Å². The molecule has 27 heavy (non-hydrogen) atoms. The molecule has 0 saturated carbocycles. The number of nitrogens with zero attached hydrogens (tertiary/aromatic N) is 3. The Morgan fingerprint density at radius 2 is 2.11 bits per heavy atom. The molecule has 0 aliphatic carbocycles. The van der Waals surface area contributed by atoms with Gasteiger partial charge in [-0.3, -0.25) is 9.36 Å². The van der Waals surface area contributed by atoms with Gasteiger partial charge in [-0.25, -0.2) is 10.4 Å². The second kappa shape index (κ2) is 8.95. The van der Waals surface area contributed by atoms with Crippen LogP contribution in [0.15, 0.2) is 58.4 Å². The summed E-state index contributed by atoms with van der Waals surface area (Å²) >= 11 is 0. The maximum atomic E-state index is 12.8. The number of phenols is 1. The molecule has 0 aliphatic heterocycles. The molecule has 2 aromatic carbocycles. The highest BCUT2D eigenvalue weighted by molar-refractivity contribution is 5.81. The van der Waals surface area contributed by atoms with Crippen LogP contribution in [0, 0.1) is 0 Å². The molecule has 0 spiro atoms. The number of aromatic hydroxyl groups is 1. The summed E-state index contributed by atoms with van der Waals surface area (Å²) < 4.78 is 6.93. The van der Waals surface area contributed by atoms with Gasteiger partial charge in [-0.05, 0) is 43.2 Å². The first kappa shape index (κ1) is 18.6. The van der Waals surface area contributed by atoms with Crippen LogP contribution in [0.5, 0.6) is 5.75 Å². The maximum Gasteiger partial charge on any atom is 0.262 e. The topological polar surface area (TPSA) is 88.7 Å². The van der Waals surface area contributed by atoms with Crippen LogP contribution in [-0.2, 0) is 11.3 Å². The van der Waals surface area contributed by atoms with Crippen LogP contribution in [0.3, 0.4) is 0 Å². The van der Waals surface area contributed by atoms with Crippen LogP contribution < -0.4 is 11.0 Å². The van der Waals surface area contributed by atoms with Gasteiger partial charge in [-0.1, -0.05) is 24.3 Å². The number of anilines is 1. The van der Waals surface area contributed by atoms with E-state index in [1.54, 1.807) is 41.1 Å². The Bertz CT molecular complexity index is 998. The fourth-order valence-corrected chi connectivity index (χ4v) is 2.70. The summed E-state index contributed by atoms with van der Waals surface area (Å²) in [7, 11) is 0. The minimum Gasteiger partial charge on any atom is -0.508 e. The number of fused-ring (bicyclic) bond motifs is 1. The number of rotatable bonds is 8. The quantitative estimate of drug-likeness (QED) is 0.363. The fourth-order valence-electron chi connectivity index (χ4n) is 2.70. The van der Waals surface area contributed by atoms with Crippen molar-refractivity contribution in [2.75, 3.05) is 18.6 Å². The molecule has 0 atom stereocenters. The van der Waals surface area contributed by atoms with Crippen LogP contribution in [-0.4, -0.2) is 34.1 Å². The number of benzene rings is 2. The summed E-state index contributed by atoms with van der Waals surface area (Å²) in [6.45, 7) is 3.62. The number of hydrogen-bond donors (Lipinski definition) is 2. The molecule has 7 nitrogen and oxygen atoms in total. The molecule has 1 heterocycles. The normalized spacial score (nSPS) is 11.3. The van der Waals surface area contributed by atoms with E-state index in [4.69, 9.17) is 4.74 Å². The van der Waals surface area contributed by atoms with Crippen molar-refractivity contribution in [1.82, 2.24) is 9.55 Å². The average Bonchev–Trinajstić information content (AvgIpc) is 2.67. The molecule has 3 rings (SSSR count). The summed E-state index contributed by atoms with van der Waals surface area (Å²) in [6, 6.07) is 14.0. The third kappa shape index (κ3) is 4.71. The largest absolute Gasteiger partial charge is 0.508 e. The number of ether oxygens (including phenoxy) is 1. The van der Waals surface area contributed by atoms with Crippen LogP contribution in [0.25, 0.3) is 10.9 Å². The molecule has 0 bridgehead atoms. The van der Waals surface area contributed by atoms with Crippen LogP contribution in [0.2, 0.25) is 0 Å². The summed E-state index contributed by atoms with van der Waals surface area (Å²) in [4.78, 5) is 17.4. The van der Waals surface area contributed by atoms with E-state index in [2.05, 4.69) is 15.5 Å². The van der Waals surface area contributed by atoms with Gasteiger partial charge in [0.25, 0.3) is 5.56 Å². The first-order chi connectivity index (χ1) is 13.2. The van der Waals surface area contributed by atoms with Crippen molar-refractivity contribution < 1.29 is 9.84 Å². The Labute approximate surface area is 156 Å². The lowest BCUT2D eigenvalue weighted by atomic mass is 10.2. The van der Waals surface area contributed by atoms with Gasteiger partial charge < -0.3 is 9.84 Å². The van der Waals surface area contributed by atoms with Gasteiger partial charge in [-0.2, -0.15) is 5.10 Å². The Morgan fingerprint density at radius 1 is 1.26 bits per heavy atom. The van der Waals surface area contributed by atoms with Gasteiger partial charge in [0, 0.05) is 19.8 Å². The van der Waals surface area contributed by atoms with Gasteiger partial charge >= 0.3 is 0 Å². The highest BCUT2D eigenvalue weighted by atomic mass is 16.5. The Morgan fingerprint density at radius 3 is 2.93 bits per heavy atom. The lowest BCUT2D eigenvalue weighted by Crippen LogP contribution is -2.25. The zero-order chi connectivity index (χ0) is 19.1. The molecule has 0 aliphatic rings. The average molecular weight is 366 g/mol. The molecule has 140 valence electrons. The van der Waals surface area contributed by atoms with Crippen molar-refractivity contribution in [3.05, 3.63) is 64.4 Å². The van der Waals surface area contributed by atoms with Crippen molar-refractivity contribution in [3.8, 4) is 5.75 Å². The predicted molar refractivity (Wildman–Crippen MR) is 106 cm³/mol. The molecule has 0 radical (unpaired) electrons. The van der Waals surface area contributed by atoms with E-state index in [0.717, 1.165) is 5.56 Å². The minimum absolute atomic E-state index is 0.118. The zero-order valence-corrected chi connectivity index (χ0v) is 15.1. The van der Waals surface area contributed by atoms with Gasteiger partial charge in [0.15, 0.2) is 0 Å². The molecule has 1 aromatic heterocycles. The molecule has 0 fully saturated rings. The maximum absolute atomic E-state index is 12.8. The molecule has 2 N–H and O–H groups in total. The molecular weight excluding hydrogens is 344 g/mol. The van der Waals surface area contributed by atoms with Crippen LogP contribution >= 0.6 is 0 Å². The summed E-state index contributed by atoms with van der Waals surface area (Å²) in [5, 5.41) is 14.2. The number of para-hydroxylation sites is 1. The monoisotopic (exact) mass is 366 g/mol. The van der Waals surface area contributed by atoms with Crippen molar-refractivity contribution in [3.63, 3.8) is 0 Å². The molecule has 3 aromatic rings. The molecular formula is C20H22N4O3. The van der Waals surface area contributed by atoms with Gasteiger partial charge in [0.05, 0.1) is 17.1 Å². The molecule has 7 heteroatoms. The summed E-state index contributed by atoms with van der Waals surface area (Å²) in [5.41, 5.74) is 4.08. The van der Waals surface area contributed by atoms with Crippen molar-refractivity contribution in [1.29, 1.82) is 0 Å². The highest BCUT2D eigenvalue weighted by Gasteiger charge is 2.10. The Balaban J connectivity index is 1.88. The van der Waals surface area contributed by atoms with Crippen LogP contribution in [0.1, 0.15) is 18.9 Å². The lowest BCUT2D eigenvalue weighted by molar-refractivity contribution is 0.141. The SMILES string of the molecule is CCOCCCn1c(N/N=C\c2cccc(O)c2)nc2ccccc2c1=O. The Kier molecular flexibility index (Phi) is 6.17. The second-order valence-electron chi connectivity index (χ2n) is 5.92.